The summed E-state index contributed by atoms with van der Waals surface area (Å²) in [6.45, 7) is 0. The lowest BCUT2D eigenvalue weighted by Crippen LogP contribution is -1.93. The monoisotopic (exact) mass is 252 g/mol. The number of ether oxygens (including phenoxy) is 1. The van der Waals surface area contributed by atoms with E-state index in [1.54, 1.807) is 6.08 Å². The molecule has 0 amide bonds. The van der Waals surface area contributed by atoms with Crippen molar-refractivity contribution >= 4 is 34.0 Å². The zero-order chi connectivity index (χ0) is 13.2. The minimum absolute atomic E-state index is 0.381. The Morgan fingerprint density at radius 1 is 1.11 bits per heavy atom. The molecule has 0 bridgehead atoms. The molecule has 0 fully saturated rings. The van der Waals surface area contributed by atoms with Crippen LogP contribution in [0.25, 0.3) is 28.0 Å². The molecule has 3 rings (SSSR count). The van der Waals surface area contributed by atoms with E-state index >= 15 is 0 Å². The highest BCUT2D eigenvalue weighted by Gasteiger charge is 2.08. The quantitative estimate of drug-likeness (QED) is 0.514. The van der Waals surface area contributed by atoms with Crippen LogP contribution in [0.1, 0.15) is 5.56 Å². The highest BCUT2D eigenvalue weighted by molar-refractivity contribution is 6.07. The molecule has 0 aliphatic heterocycles. The first-order valence-corrected chi connectivity index (χ1v) is 5.96. The van der Waals surface area contributed by atoms with Crippen molar-refractivity contribution < 1.29 is 13.9 Å². The molecule has 0 spiro atoms. The molecule has 1 aromatic heterocycles. The van der Waals surface area contributed by atoms with Crippen molar-refractivity contribution in [2.24, 2.45) is 0 Å². The van der Waals surface area contributed by atoms with Gasteiger partial charge in [0.1, 0.15) is 11.2 Å². The number of benzene rings is 2. The van der Waals surface area contributed by atoms with E-state index in [0.717, 1.165) is 27.5 Å². The first-order valence-electron chi connectivity index (χ1n) is 5.96. The van der Waals surface area contributed by atoms with E-state index in [4.69, 9.17) is 4.42 Å². The Morgan fingerprint density at radius 2 is 1.89 bits per heavy atom. The van der Waals surface area contributed by atoms with Gasteiger partial charge in [0, 0.05) is 22.4 Å². The lowest BCUT2D eigenvalue weighted by Gasteiger charge is -1.95. The molecule has 3 nitrogen and oxygen atoms in total. The molecule has 3 aromatic rings. The summed E-state index contributed by atoms with van der Waals surface area (Å²) in [7, 11) is 1.36. The predicted molar refractivity (Wildman–Crippen MR) is 74.8 cm³/mol. The number of para-hydroxylation sites is 2. The number of carbonyl (C=O) groups excluding carboxylic acids is 1. The number of methoxy groups -OCH3 is 1. The molecule has 0 unspecified atom stereocenters. The van der Waals surface area contributed by atoms with E-state index in [0.29, 0.717) is 0 Å². The van der Waals surface area contributed by atoms with Crippen molar-refractivity contribution in [3.8, 4) is 0 Å². The number of carbonyl (C=O) groups is 1. The average molecular weight is 252 g/mol. The summed E-state index contributed by atoms with van der Waals surface area (Å²) in [6.07, 6.45) is 3.10. The topological polar surface area (TPSA) is 39.4 Å². The second kappa shape index (κ2) is 4.61. The fraction of sp³-hybridized carbons (Fsp3) is 0.0625. The number of hydrogen-bond donors (Lipinski definition) is 0. The zero-order valence-electron chi connectivity index (χ0n) is 10.4. The number of rotatable bonds is 2. The van der Waals surface area contributed by atoms with E-state index in [1.807, 2.05) is 42.5 Å². The second-order valence-corrected chi connectivity index (χ2v) is 4.18. The predicted octanol–water partition coefficient (Wildman–Crippen LogP) is 3.77. The van der Waals surface area contributed by atoms with Crippen molar-refractivity contribution in [3.05, 3.63) is 54.1 Å². The number of hydrogen-bond acceptors (Lipinski definition) is 3. The third-order valence-electron chi connectivity index (χ3n) is 3.03. The molecule has 0 aliphatic carbocycles. The van der Waals surface area contributed by atoms with E-state index in [1.165, 1.54) is 13.2 Å². The number of fused-ring (bicyclic) bond motifs is 3. The molecule has 0 radical (unpaired) electrons. The van der Waals surface area contributed by atoms with Crippen LogP contribution in [0.2, 0.25) is 0 Å². The van der Waals surface area contributed by atoms with E-state index in [9.17, 15) is 4.79 Å². The second-order valence-electron chi connectivity index (χ2n) is 4.18. The molecule has 19 heavy (non-hydrogen) atoms. The maximum Gasteiger partial charge on any atom is 0.330 e. The summed E-state index contributed by atoms with van der Waals surface area (Å²) in [5.41, 5.74) is 2.49. The highest BCUT2D eigenvalue weighted by Crippen LogP contribution is 2.31. The third-order valence-corrected chi connectivity index (χ3v) is 3.03. The molecule has 0 saturated carbocycles. The van der Waals surface area contributed by atoms with Crippen molar-refractivity contribution in [3.63, 3.8) is 0 Å². The molecule has 1 heterocycles. The van der Waals surface area contributed by atoms with Crippen molar-refractivity contribution in [2.45, 2.75) is 0 Å². The Kier molecular flexibility index (Phi) is 2.80. The summed E-state index contributed by atoms with van der Waals surface area (Å²) in [4.78, 5) is 11.2. The molecule has 0 atom stereocenters. The Labute approximate surface area is 110 Å². The van der Waals surface area contributed by atoms with Gasteiger partial charge < -0.3 is 9.15 Å². The first-order chi connectivity index (χ1) is 9.29. The lowest BCUT2D eigenvalue weighted by molar-refractivity contribution is -0.134. The molecular formula is C16H12O3. The summed E-state index contributed by atoms with van der Waals surface area (Å²) in [5.74, 6) is -0.381. The molecule has 0 N–H and O–H groups in total. The van der Waals surface area contributed by atoms with Gasteiger partial charge in [-0.2, -0.15) is 0 Å². The van der Waals surface area contributed by atoms with Crippen LogP contribution in [0.15, 0.2) is 53.0 Å². The van der Waals surface area contributed by atoms with Crippen molar-refractivity contribution in [2.75, 3.05) is 7.11 Å². The number of esters is 1. The average Bonchev–Trinajstić information content (AvgIpc) is 2.84. The molecule has 2 aromatic carbocycles. The standard InChI is InChI=1S/C16H12O3/c1-18-15(17)10-9-11-5-4-7-13-12-6-2-3-8-14(12)19-16(11)13/h2-10H,1H3. The van der Waals surface area contributed by atoms with Gasteiger partial charge in [0.15, 0.2) is 0 Å². The van der Waals surface area contributed by atoms with Crippen molar-refractivity contribution in [1.82, 2.24) is 0 Å². The normalized spacial score (nSPS) is 11.4. The van der Waals surface area contributed by atoms with Gasteiger partial charge in [0.05, 0.1) is 7.11 Å². The molecular weight excluding hydrogens is 240 g/mol. The van der Waals surface area contributed by atoms with Crippen LogP contribution in [0.4, 0.5) is 0 Å². The number of furan rings is 1. The van der Waals surface area contributed by atoms with Crippen LogP contribution < -0.4 is 0 Å². The fourth-order valence-corrected chi connectivity index (χ4v) is 2.13. The van der Waals surface area contributed by atoms with Gasteiger partial charge in [-0.3, -0.25) is 0 Å². The zero-order valence-corrected chi connectivity index (χ0v) is 10.4. The fourth-order valence-electron chi connectivity index (χ4n) is 2.13. The van der Waals surface area contributed by atoms with Gasteiger partial charge >= 0.3 is 5.97 Å². The van der Waals surface area contributed by atoms with E-state index in [-0.39, 0.29) is 5.97 Å². The van der Waals surface area contributed by atoms with Crippen LogP contribution >= 0.6 is 0 Å². The molecule has 94 valence electrons. The minimum atomic E-state index is -0.381. The first kappa shape index (κ1) is 11.5. The maximum atomic E-state index is 11.2. The molecule has 3 heteroatoms. The SMILES string of the molecule is COC(=O)C=Cc1cccc2c1oc1ccccc12. The van der Waals surface area contributed by atoms with Crippen LogP contribution in [0.5, 0.6) is 0 Å². The van der Waals surface area contributed by atoms with Gasteiger partial charge in [0.25, 0.3) is 0 Å². The van der Waals surface area contributed by atoms with E-state index < -0.39 is 0 Å². The Morgan fingerprint density at radius 3 is 2.74 bits per heavy atom. The maximum absolute atomic E-state index is 11.2. The molecule has 0 aliphatic rings. The van der Waals surface area contributed by atoms with Crippen molar-refractivity contribution in [1.29, 1.82) is 0 Å². The van der Waals surface area contributed by atoms with Gasteiger partial charge in [-0.05, 0) is 12.1 Å². The summed E-state index contributed by atoms with van der Waals surface area (Å²) in [5, 5.41) is 2.12. The van der Waals surface area contributed by atoms with Gasteiger partial charge in [-0.25, -0.2) is 4.79 Å². The van der Waals surface area contributed by atoms with Gasteiger partial charge in [0.2, 0.25) is 0 Å². The largest absolute Gasteiger partial charge is 0.466 e. The van der Waals surface area contributed by atoms with Gasteiger partial charge in [-0.1, -0.05) is 36.4 Å². The third kappa shape index (κ3) is 1.99. The van der Waals surface area contributed by atoms with Crippen LogP contribution in [-0.2, 0) is 9.53 Å². The smallest absolute Gasteiger partial charge is 0.330 e. The van der Waals surface area contributed by atoms with Crippen LogP contribution in [-0.4, -0.2) is 13.1 Å². The lowest BCUT2D eigenvalue weighted by atomic mass is 10.1. The van der Waals surface area contributed by atoms with E-state index in [2.05, 4.69) is 4.74 Å². The highest BCUT2D eigenvalue weighted by atomic mass is 16.5. The van der Waals surface area contributed by atoms with Crippen LogP contribution in [0.3, 0.4) is 0 Å². The Bertz CT molecular complexity index is 781. The Balaban J connectivity index is 2.20. The summed E-state index contributed by atoms with van der Waals surface area (Å²) < 4.78 is 10.4. The van der Waals surface area contributed by atoms with Gasteiger partial charge in [-0.15, -0.1) is 0 Å². The Hall–Kier alpha value is -2.55. The van der Waals surface area contributed by atoms with Crippen LogP contribution in [0, 0.1) is 0 Å². The minimum Gasteiger partial charge on any atom is -0.466 e. The summed E-state index contributed by atoms with van der Waals surface area (Å²) >= 11 is 0. The summed E-state index contributed by atoms with van der Waals surface area (Å²) in [6, 6.07) is 13.7. The molecule has 0 saturated heterocycles.